The Morgan fingerprint density at radius 1 is 1.44 bits per heavy atom. The van der Waals surface area contributed by atoms with Crippen molar-refractivity contribution < 1.29 is 4.79 Å². The van der Waals surface area contributed by atoms with Gasteiger partial charge in [0.2, 0.25) is 5.82 Å². The molecule has 1 unspecified atom stereocenters. The number of H-pyrrole nitrogens is 1. The number of aromatic amines is 1. The van der Waals surface area contributed by atoms with Gasteiger partial charge in [0.1, 0.15) is 6.33 Å². The molecule has 2 N–H and O–H groups in total. The molecule has 1 atom stereocenters. The standard InChI is InChI=1S/C12H11N5O/c1-8(10-4-2-9(6-13)3-5-10)16-12(18)11-14-7-15-17-11/h2-5,7-8H,1H3,(H,16,18)(H,14,15,17). The van der Waals surface area contributed by atoms with Gasteiger partial charge in [-0.2, -0.15) is 10.4 Å². The Kier molecular flexibility index (Phi) is 3.34. The first-order valence-corrected chi connectivity index (χ1v) is 5.37. The molecule has 1 heterocycles. The Morgan fingerprint density at radius 2 is 2.17 bits per heavy atom. The fourth-order valence-corrected chi connectivity index (χ4v) is 1.51. The van der Waals surface area contributed by atoms with Gasteiger partial charge in [0.25, 0.3) is 5.91 Å². The lowest BCUT2D eigenvalue weighted by molar-refractivity contribution is 0.0930. The maximum Gasteiger partial charge on any atom is 0.289 e. The summed E-state index contributed by atoms with van der Waals surface area (Å²) in [7, 11) is 0. The molecule has 1 aromatic carbocycles. The van der Waals surface area contributed by atoms with Gasteiger partial charge in [-0.05, 0) is 24.6 Å². The van der Waals surface area contributed by atoms with Crippen LogP contribution in [0, 0.1) is 11.3 Å². The summed E-state index contributed by atoms with van der Waals surface area (Å²) in [6.45, 7) is 1.86. The minimum atomic E-state index is -0.315. The number of aromatic nitrogens is 3. The molecule has 0 bridgehead atoms. The second kappa shape index (κ2) is 5.10. The highest BCUT2D eigenvalue weighted by Gasteiger charge is 2.13. The van der Waals surface area contributed by atoms with Crippen LogP contribution < -0.4 is 5.32 Å². The SMILES string of the molecule is CC(NC(=O)c1ncn[nH]1)c1ccc(C#N)cc1. The summed E-state index contributed by atoms with van der Waals surface area (Å²) < 4.78 is 0. The van der Waals surface area contributed by atoms with E-state index in [0.717, 1.165) is 5.56 Å². The average molecular weight is 241 g/mol. The first-order valence-electron chi connectivity index (χ1n) is 5.37. The summed E-state index contributed by atoms with van der Waals surface area (Å²) in [5, 5.41) is 17.6. The quantitative estimate of drug-likeness (QED) is 0.843. The molecule has 0 spiro atoms. The van der Waals surface area contributed by atoms with E-state index < -0.39 is 0 Å². The number of hydrogen-bond donors (Lipinski definition) is 2. The minimum absolute atomic E-state index is 0.171. The van der Waals surface area contributed by atoms with Crippen LogP contribution in [0.15, 0.2) is 30.6 Å². The van der Waals surface area contributed by atoms with Crippen LogP contribution in [0.1, 0.15) is 34.7 Å². The van der Waals surface area contributed by atoms with Crippen LogP contribution in [-0.2, 0) is 0 Å². The van der Waals surface area contributed by atoms with E-state index >= 15 is 0 Å². The van der Waals surface area contributed by atoms with E-state index in [9.17, 15) is 4.79 Å². The second-order valence-electron chi connectivity index (χ2n) is 3.76. The molecule has 2 rings (SSSR count). The first-order chi connectivity index (χ1) is 8.70. The molecule has 0 aliphatic heterocycles. The highest BCUT2D eigenvalue weighted by Crippen LogP contribution is 2.13. The number of nitrogens with one attached hydrogen (secondary N) is 2. The molecule has 2 aromatic rings. The Labute approximate surface area is 104 Å². The number of nitrogens with zero attached hydrogens (tertiary/aromatic N) is 3. The molecular weight excluding hydrogens is 230 g/mol. The fourth-order valence-electron chi connectivity index (χ4n) is 1.51. The summed E-state index contributed by atoms with van der Waals surface area (Å²) >= 11 is 0. The third-order valence-corrected chi connectivity index (χ3v) is 2.52. The molecule has 90 valence electrons. The van der Waals surface area contributed by atoms with E-state index in [-0.39, 0.29) is 17.8 Å². The maximum absolute atomic E-state index is 11.7. The van der Waals surface area contributed by atoms with Crippen LogP contribution in [0.3, 0.4) is 0 Å². The summed E-state index contributed by atoms with van der Waals surface area (Å²) in [4.78, 5) is 15.5. The van der Waals surface area contributed by atoms with Gasteiger partial charge in [0.15, 0.2) is 0 Å². The largest absolute Gasteiger partial charge is 0.343 e. The normalized spacial score (nSPS) is 11.6. The number of benzene rings is 1. The van der Waals surface area contributed by atoms with Crippen LogP contribution in [0.5, 0.6) is 0 Å². The zero-order valence-electron chi connectivity index (χ0n) is 9.71. The van der Waals surface area contributed by atoms with E-state index in [1.54, 1.807) is 12.1 Å². The smallest absolute Gasteiger partial charge is 0.289 e. The lowest BCUT2D eigenvalue weighted by atomic mass is 10.1. The predicted molar refractivity (Wildman–Crippen MR) is 63.4 cm³/mol. The van der Waals surface area contributed by atoms with Crippen molar-refractivity contribution in [2.24, 2.45) is 0 Å². The molecule has 0 saturated heterocycles. The van der Waals surface area contributed by atoms with Crippen molar-refractivity contribution in [3.05, 3.63) is 47.5 Å². The zero-order valence-corrected chi connectivity index (χ0v) is 9.71. The van der Waals surface area contributed by atoms with E-state index in [2.05, 4.69) is 20.5 Å². The summed E-state index contributed by atoms with van der Waals surface area (Å²) in [5.41, 5.74) is 1.51. The summed E-state index contributed by atoms with van der Waals surface area (Å²) in [6.07, 6.45) is 1.28. The maximum atomic E-state index is 11.7. The third-order valence-electron chi connectivity index (χ3n) is 2.52. The van der Waals surface area contributed by atoms with Gasteiger partial charge in [-0.15, -0.1) is 0 Å². The van der Waals surface area contributed by atoms with Crippen molar-refractivity contribution in [2.45, 2.75) is 13.0 Å². The first kappa shape index (κ1) is 11.8. The molecular formula is C12H11N5O. The Balaban J connectivity index is 2.05. The highest BCUT2D eigenvalue weighted by atomic mass is 16.2. The molecule has 0 radical (unpaired) electrons. The Bertz CT molecular complexity index is 568. The molecule has 18 heavy (non-hydrogen) atoms. The van der Waals surface area contributed by atoms with Gasteiger partial charge in [-0.25, -0.2) is 4.98 Å². The van der Waals surface area contributed by atoms with Gasteiger partial charge in [-0.3, -0.25) is 9.89 Å². The van der Waals surface area contributed by atoms with Crippen LogP contribution in [0.25, 0.3) is 0 Å². The van der Waals surface area contributed by atoms with Crippen LogP contribution in [0.4, 0.5) is 0 Å². The molecule has 1 amide bonds. The predicted octanol–water partition coefficient (Wildman–Crippen LogP) is 1.17. The Hall–Kier alpha value is -2.68. The highest BCUT2D eigenvalue weighted by molar-refractivity contribution is 5.90. The lowest BCUT2D eigenvalue weighted by Gasteiger charge is -2.13. The monoisotopic (exact) mass is 241 g/mol. The molecule has 0 fully saturated rings. The fraction of sp³-hybridized carbons (Fsp3) is 0.167. The van der Waals surface area contributed by atoms with E-state index in [0.29, 0.717) is 5.56 Å². The molecule has 1 aromatic heterocycles. The number of nitriles is 1. The van der Waals surface area contributed by atoms with Crippen LogP contribution in [-0.4, -0.2) is 21.1 Å². The van der Waals surface area contributed by atoms with Gasteiger partial charge in [-0.1, -0.05) is 12.1 Å². The van der Waals surface area contributed by atoms with E-state index in [1.165, 1.54) is 6.33 Å². The third kappa shape index (κ3) is 2.52. The van der Waals surface area contributed by atoms with E-state index in [4.69, 9.17) is 5.26 Å². The number of carbonyl (C=O) groups excluding carboxylic acids is 1. The molecule has 6 heteroatoms. The topological polar surface area (TPSA) is 94.5 Å². The molecule has 0 aliphatic rings. The van der Waals surface area contributed by atoms with Crippen molar-refractivity contribution in [2.75, 3.05) is 0 Å². The minimum Gasteiger partial charge on any atom is -0.343 e. The Morgan fingerprint density at radius 3 is 2.72 bits per heavy atom. The van der Waals surface area contributed by atoms with Gasteiger partial charge < -0.3 is 5.32 Å². The van der Waals surface area contributed by atoms with Crippen molar-refractivity contribution >= 4 is 5.91 Å². The van der Waals surface area contributed by atoms with Gasteiger partial charge in [0, 0.05) is 0 Å². The molecule has 0 aliphatic carbocycles. The van der Waals surface area contributed by atoms with Gasteiger partial charge >= 0.3 is 0 Å². The molecule has 0 saturated carbocycles. The number of amides is 1. The zero-order chi connectivity index (χ0) is 13.0. The number of rotatable bonds is 3. The van der Waals surface area contributed by atoms with E-state index in [1.807, 2.05) is 25.1 Å². The van der Waals surface area contributed by atoms with Crippen molar-refractivity contribution in [3.63, 3.8) is 0 Å². The van der Waals surface area contributed by atoms with Crippen molar-refractivity contribution in [1.82, 2.24) is 20.5 Å². The summed E-state index contributed by atoms with van der Waals surface area (Å²) in [5.74, 6) is -0.139. The number of carbonyl (C=O) groups is 1. The average Bonchev–Trinajstić information content (AvgIpc) is 2.92. The lowest BCUT2D eigenvalue weighted by Crippen LogP contribution is -2.27. The van der Waals surface area contributed by atoms with Crippen molar-refractivity contribution in [1.29, 1.82) is 5.26 Å². The second-order valence-corrected chi connectivity index (χ2v) is 3.76. The van der Waals surface area contributed by atoms with Gasteiger partial charge in [0.05, 0.1) is 17.7 Å². The summed E-state index contributed by atoms with van der Waals surface area (Å²) in [6, 6.07) is 8.92. The van der Waals surface area contributed by atoms with Crippen LogP contribution in [0.2, 0.25) is 0 Å². The van der Waals surface area contributed by atoms with Crippen LogP contribution >= 0.6 is 0 Å². The number of hydrogen-bond acceptors (Lipinski definition) is 4. The van der Waals surface area contributed by atoms with Crippen molar-refractivity contribution in [3.8, 4) is 6.07 Å². The molecule has 6 nitrogen and oxygen atoms in total.